The van der Waals surface area contributed by atoms with Crippen LogP contribution in [0.1, 0.15) is 17.2 Å². The van der Waals surface area contributed by atoms with Crippen molar-refractivity contribution >= 4 is 0 Å². The van der Waals surface area contributed by atoms with Crippen molar-refractivity contribution in [1.82, 2.24) is 0 Å². The lowest BCUT2D eigenvalue weighted by Crippen LogP contribution is -2.27. The molecule has 18 heavy (non-hydrogen) atoms. The van der Waals surface area contributed by atoms with Crippen molar-refractivity contribution in [2.45, 2.75) is 11.8 Å². The largest absolute Gasteiger partial charge is 0.383 e. The summed E-state index contributed by atoms with van der Waals surface area (Å²) in [5.74, 6) is 0. The number of halogens is 1. The molecule has 0 saturated heterocycles. The second kappa shape index (κ2) is 4.99. The molecule has 0 heterocycles. The molecular weight excluding hydrogens is 229 g/mol. The molecule has 1 N–H and O–H groups in total. The second-order valence-corrected chi connectivity index (χ2v) is 4.00. The average Bonchev–Trinajstić information content (AvgIpc) is 2.47. The summed E-state index contributed by atoms with van der Waals surface area (Å²) >= 11 is 0. The zero-order valence-corrected chi connectivity index (χ0v) is 9.62. The molecule has 0 saturated carbocycles. The van der Waals surface area contributed by atoms with Gasteiger partial charge in [-0.3, -0.25) is 0 Å². The lowest BCUT2D eigenvalue weighted by Gasteiger charge is -2.24. The predicted octanol–water partition coefficient (Wildman–Crippen LogP) is 3.11. The molecule has 0 aliphatic rings. The minimum absolute atomic E-state index is 0.156. The SMILES string of the molecule is N#C[C@](F)(c1ccccc1)[C@H](O)c1ccccc1. The molecule has 90 valence electrons. The van der Waals surface area contributed by atoms with Gasteiger partial charge in [-0.25, -0.2) is 4.39 Å². The summed E-state index contributed by atoms with van der Waals surface area (Å²) in [7, 11) is 0. The highest BCUT2D eigenvalue weighted by Gasteiger charge is 2.41. The van der Waals surface area contributed by atoms with E-state index >= 15 is 0 Å². The van der Waals surface area contributed by atoms with Gasteiger partial charge in [0.15, 0.2) is 0 Å². The van der Waals surface area contributed by atoms with E-state index in [1.807, 2.05) is 0 Å². The second-order valence-electron chi connectivity index (χ2n) is 4.00. The van der Waals surface area contributed by atoms with Crippen molar-refractivity contribution < 1.29 is 9.50 Å². The predicted molar refractivity (Wildman–Crippen MR) is 66.2 cm³/mol. The zero-order chi connectivity index (χ0) is 13.0. The Hall–Kier alpha value is -2.18. The Morgan fingerprint density at radius 3 is 2.00 bits per heavy atom. The van der Waals surface area contributed by atoms with Crippen molar-refractivity contribution in [1.29, 1.82) is 5.26 Å². The molecule has 0 amide bonds. The summed E-state index contributed by atoms with van der Waals surface area (Å²) in [5, 5.41) is 19.2. The molecule has 2 atom stereocenters. The summed E-state index contributed by atoms with van der Waals surface area (Å²) in [5.41, 5.74) is -1.91. The summed E-state index contributed by atoms with van der Waals surface area (Å²) in [6, 6.07) is 17.9. The first-order valence-electron chi connectivity index (χ1n) is 5.57. The number of rotatable bonds is 3. The molecule has 0 aliphatic carbocycles. The van der Waals surface area contributed by atoms with E-state index in [4.69, 9.17) is 5.26 Å². The Kier molecular flexibility index (Phi) is 3.40. The minimum atomic E-state index is -2.44. The molecule has 2 aromatic carbocycles. The third kappa shape index (κ3) is 2.11. The maximum absolute atomic E-state index is 14.7. The van der Waals surface area contributed by atoms with E-state index in [0.29, 0.717) is 5.56 Å². The van der Waals surface area contributed by atoms with Crippen LogP contribution in [0, 0.1) is 11.3 Å². The molecule has 2 rings (SSSR count). The highest BCUT2D eigenvalue weighted by molar-refractivity contribution is 5.34. The van der Waals surface area contributed by atoms with Crippen molar-refractivity contribution in [3.8, 4) is 6.07 Å². The molecule has 0 unspecified atom stereocenters. The number of aliphatic hydroxyl groups is 1. The summed E-state index contributed by atoms with van der Waals surface area (Å²) < 4.78 is 14.7. The highest BCUT2D eigenvalue weighted by atomic mass is 19.1. The molecule has 2 nitrogen and oxygen atoms in total. The van der Waals surface area contributed by atoms with Gasteiger partial charge in [0.2, 0.25) is 0 Å². The number of nitriles is 1. The molecule has 0 fully saturated rings. The van der Waals surface area contributed by atoms with E-state index < -0.39 is 11.8 Å². The molecule has 0 radical (unpaired) electrons. The van der Waals surface area contributed by atoms with E-state index in [1.165, 1.54) is 12.1 Å². The Balaban J connectivity index is 2.43. The molecular formula is C15H12FNO. The van der Waals surface area contributed by atoms with E-state index in [2.05, 4.69) is 0 Å². The minimum Gasteiger partial charge on any atom is -0.383 e. The topological polar surface area (TPSA) is 44.0 Å². The third-order valence-corrected chi connectivity index (χ3v) is 2.85. The van der Waals surface area contributed by atoms with Gasteiger partial charge in [-0.15, -0.1) is 0 Å². The van der Waals surface area contributed by atoms with Crippen molar-refractivity contribution in [2.75, 3.05) is 0 Å². The van der Waals surface area contributed by atoms with Gasteiger partial charge in [-0.2, -0.15) is 5.26 Å². The Morgan fingerprint density at radius 2 is 1.50 bits per heavy atom. The first-order chi connectivity index (χ1) is 8.68. The van der Waals surface area contributed by atoms with E-state index in [0.717, 1.165) is 0 Å². The number of aliphatic hydroxyl groups excluding tert-OH is 1. The van der Waals surface area contributed by atoms with Gasteiger partial charge < -0.3 is 5.11 Å². The van der Waals surface area contributed by atoms with E-state index in [1.54, 1.807) is 54.6 Å². The third-order valence-electron chi connectivity index (χ3n) is 2.85. The number of alkyl halides is 1. The molecule has 0 bridgehead atoms. The van der Waals surface area contributed by atoms with Gasteiger partial charge in [-0.1, -0.05) is 60.7 Å². The molecule has 0 spiro atoms. The van der Waals surface area contributed by atoms with Crippen LogP contribution in [-0.4, -0.2) is 5.11 Å². The van der Waals surface area contributed by atoms with Crippen LogP contribution < -0.4 is 0 Å². The normalized spacial score (nSPS) is 15.4. The maximum Gasteiger partial charge on any atom is 0.250 e. The van der Waals surface area contributed by atoms with Crippen LogP contribution in [-0.2, 0) is 5.67 Å². The lowest BCUT2D eigenvalue weighted by molar-refractivity contribution is 0.0267. The molecule has 2 aromatic rings. The number of benzene rings is 2. The fourth-order valence-electron chi connectivity index (χ4n) is 1.83. The summed E-state index contributed by atoms with van der Waals surface area (Å²) in [6.45, 7) is 0. The van der Waals surface area contributed by atoms with Crippen LogP contribution in [0.4, 0.5) is 4.39 Å². The van der Waals surface area contributed by atoms with E-state index in [-0.39, 0.29) is 5.56 Å². The lowest BCUT2D eigenvalue weighted by atomic mass is 9.87. The van der Waals surface area contributed by atoms with Crippen molar-refractivity contribution in [3.63, 3.8) is 0 Å². The van der Waals surface area contributed by atoms with Crippen LogP contribution in [0.25, 0.3) is 0 Å². The van der Waals surface area contributed by atoms with Crippen LogP contribution in [0.2, 0.25) is 0 Å². The fourth-order valence-corrected chi connectivity index (χ4v) is 1.83. The van der Waals surface area contributed by atoms with Crippen LogP contribution in [0.15, 0.2) is 60.7 Å². The summed E-state index contributed by atoms with van der Waals surface area (Å²) in [6.07, 6.45) is -1.51. The van der Waals surface area contributed by atoms with Gasteiger partial charge in [-0.05, 0) is 5.56 Å². The maximum atomic E-state index is 14.7. The monoisotopic (exact) mass is 241 g/mol. The van der Waals surface area contributed by atoms with Gasteiger partial charge >= 0.3 is 0 Å². The van der Waals surface area contributed by atoms with Gasteiger partial charge in [0.1, 0.15) is 12.2 Å². The van der Waals surface area contributed by atoms with Crippen LogP contribution in [0.5, 0.6) is 0 Å². The van der Waals surface area contributed by atoms with E-state index in [9.17, 15) is 9.50 Å². The Morgan fingerprint density at radius 1 is 1.00 bits per heavy atom. The Bertz CT molecular complexity index is 550. The first-order valence-corrected chi connectivity index (χ1v) is 5.57. The quantitative estimate of drug-likeness (QED) is 0.897. The standard InChI is InChI=1S/C15H12FNO/c16-15(11-17,13-9-5-2-6-10-13)14(18)12-7-3-1-4-8-12/h1-10,14,18H/t14-,15+/m1/s1. The smallest absolute Gasteiger partial charge is 0.250 e. The molecule has 0 aromatic heterocycles. The van der Waals surface area contributed by atoms with Crippen molar-refractivity contribution in [3.05, 3.63) is 71.8 Å². The highest BCUT2D eigenvalue weighted by Crippen LogP contribution is 2.38. The van der Waals surface area contributed by atoms with Crippen LogP contribution >= 0.6 is 0 Å². The Labute approximate surface area is 105 Å². The summed E-state index contributed by atoms with van der Waals surface area (Å²) in [4.78, 5) is 0. The van der Waals surface area contributed by atoms with Gasteiger partial charge in [0, 0.05) is 5.56 Å². The fraction of sp³-hybridized carbons (Fsp3) is 0.133. The van der Waals surface area contributed by atoms with Gasteiger partial charge in [0.05, 0.1) is 0 Å². The van der Waals surface area contributed by atoms with Gasteiger partial charge in [0.25, 0.3) is 5.67 Å². The zero-order valence-electron chi connectivity index (χ0n) is 9.62. The number of hydrogen-bond acceptors (Lipinski definition) is 2. The molecule has 0 aliphatic heterocycles. The number of nitrogens with zero attached hydrogens (tertiary/aromatic N) is 1. The molecule has 3 heteroatoms. The van der Waals surface area contributed by atoms with Crippen LogP contribution in [0.3, 0.4) is 0 Å². The average molecular weight is 241 g/mol. The number of hydrogen-bond donors (Lipinski definition) is 1. The van der Waals surface area contributed by atoms with Crippen molar-refractivity contribution in [2.24, 2.45) is 0 Å². The first kappa shape index (κ1) is 12.3.